The lowest BCUT2D eigenvalue weighted by Crippen LogP contribution is -2.42. The first-order chi connectivity index (χ1) is 12.1. The molecule has 0 fully saturated rings. The van der Waals surface area contributed by atoms with Gasteiger partial charge in [0.05, 0.1) is 17.0 Å². The maximum Gasteiger partial charge on any atom is 0.145 e. The van der Waals surface area contributed by atoms with Crippen LogP contribution in [0.4, 0.5) is 5.69 Å². The molecule has 0 unspecified atom stereocenters. The molecule has 0 bridgehead atoms. The Hall–Kier alpha value is -1.78. The van der Waals surface area contributed by atoms with Crippen LogP contribution in [0.5, 0.6) is 0 Å². The molecule has 0 saturated heterocycles. The topological polar surface area (TPSA) is 23.6 Å². The minimum atomic E-state index is -0.0725. The monoisotopic (exact) mass is 354 g/mol. The number of hydrogen-bond acceptors (Lipinski definition) is 4. The molecule has 0 N–H and O–H groups in total. The van der Waals surface area contributed by atoms with Crippen LogP contribution >= 0.6 is 11.8 Å². The fourth-order valence-corrected chi connectivity index (χ4v) is 4.77. The third-order valence-corrected chi connectivity index (χ3v) is 6.04. The van der Waals surface area contributed by atoms with E-state index in [2.05, 4.69) is 72.4 Å². The van der Waals surface area contributed by atoms with Crippen molar-refractivity contribution in [2.45, 2.75) is 29.5 Å². The van der Waals surface area contributed by atoms with Crippen LogP contribution in [0.15, 0.2) is 59.5 Å². The SMILES string of the molecule is CC(=O)[C@@H]1Sc2ccccc2N(CCCN(C)C)[C@H]1c1ccccc1. The molecule has 0 aromatic heterocycles. The third kappa shape index (κ3) is 4.07. The number of carbonyl (C=O) groups is 1. The second-order valence-corrected chi connectivity index (χ2v) is 8.01. The molecule has 25 heavy (non-hydrogen) atoms. The number of thioether (sulfide) groups is 1. The minimum absolute atomic E-state index is 0.0725. The van der Waals surface area contributed by atoms with Gasteiger partial charge in [0.25, 0.3) is 0 Å². The number of rotatable bonds is 6. The van der Waals surface area contributed by atoms with E-state index in [0.29, 0.717) is 0 Å². The Morgan fingerprint density at radius 2 is 1.76 bits per heavy atom. The van der Waals surface area contributed by atoms with Crippen LogP contribution in [0.25, 0.3) is 0 Å². The molecule has 3 nitrogen and oxygen atoms in total. The van der Waals surface area contributed by atoms with Crippen molar-refractivity contribution in [1.29, 1.82) is 0 Å². The molecule has 2 aromatic carbocycles. The molecule has 0 spiro atoms. The third-order valence-electron chi connectivity index (χ3n) is 4.60. The fourth-order valence-electron chi connectivity index (χ4n) is 3.44. The first-order valence-corrected chi connectivity index (χ1v) is 9.68. The Morgan fingerprint density at radius 1 is 1.08 bits per heavy atom. The van der Waals surface area contributed by atoms with Crippen molar-refractivity contribution in [3.05, 3.63) is 60.2 Å². The zero-order valence-electron chi connectivity index (χ0n) is 15.2. The number of fused-ring (bicyclic) bond motifs is 1. The van der Waals surface area contributed by atoms with Crippen molar-refractivity contribution >= 4 is 23.2 Å². The van der Waals surface area contributed by atoms with Gasteiger partial charge in [0.1, 0.15) is 5.78 Å². The summed E-state index contributed by atoms with van der Waals surface area (Å²) in [7, 11) is 4.21. The highest BCUT2D eigenvalue weighted by atomic mass is 32.2. The molecule has 1 aliphatic heterocycles. The van der Waals surface area contributed by atoms with E-state index in [9.17, 15) is 4.79 Å². The van der Waals surface area contributed by atoms with Gasteiger partial charge in [0, 0.05) is 11.4 Å². The van der Waals surface area contributed by atoms with E-state index >= 15 is 0 Å². The molecule has 4 heteroatoms. The molecular formula is C21H26N2OS. The molecule has 1 aliphatic rings. The standard InChI is InChI=1S/C21H26N2OS/c1-16(24)21-20(17-10-5-4-6-11-17)23(15-9-14-22(2)3)18-12-7-8-13-19(18)25-21/h4-8,10-13,20-21H,9,14-15H2,1-3H3/t20-,21-/m0/s1. The molecule has 0 radical (unpaired) electrons. The second-order valence-electron chi connectivity index (χ2n) is 6.82. The molecule has 3 rings (SSSR count). The highest BCUT2D eigenvalue weighted by Crippen LogP contribution is 2.47. The smallest absolute Gasteiger partial charge is 0.145 e. The number of ketones is 1. The van der Waals surface area contributed by atoms with E-state index in [1.807, 2.05) is 6.07 Å². The number of anilines is 1. The van der Waals surface area contributed by atoms with Gasteiger partial charge in [-0.25, -0.2) is 0 Å². The summed E-state index contributed by atoms with van der Waals surface area (Å²) in [6.07, 6.45) is 1.07. The number of hydrogen-bond donors (Lipinski definition) is 0. The molecule has 0 aliphatic carbocycles. The Kier molecular flexibility index (Phi) is 5.82. The van der Waals surface area contributed by atoms with Gasteiger partial charge in [0.2, 0.25) is 0 Å². The summed E-state index contributed by atoms with van der Waals surface area (Å²) in [5.74, 6) is 0.242. The summed E-state index contributed by atoms with van der Waals surface area (Å²) in [4.78, 5) is 18.3. The molecule has 0 saturated carbocycles. The van der Waals surface area contributed by atoms with Gasteiger partial charge < -0.3 is 9.80 Å². The van der Waals surface area contributed by atoms with Crippen LogP contribution < -0.4 is 4.90 Å². The zero-order valence-corrected chi connectivity index (χ0v) is 16.0. The predicted molar refractivity (Wildman–Crippen MR) is 106 cm³/mol. The largest absolute Gasteiger partial charge is 0.362 e. The summed E-state index contributed by atoms with van der Waals surface area (Å²) in [5, 5.41) is -0.0725. The van der Waals surface area contributed by atoms with Gasteiger partial charge in [0.15, 0.2) is 0 Å². The van der Waals surface area contributed by atoms with Crippen LogP contribution in [0.2, 0.25) is 0 Å². The maximum absolute atomic E-state index is 12.5. The summed E-state index contributed by atoms with van der Waals surface area (Å²) >= 11 is 1.71. The molecular weight excluding hydrogens is 328 g/mol. The number of Topliss-reactive ketones (excluding diaryl/α,β-unsaturated/α-hetero) is 1. The van der Waals surface area contributed by atoms with E-state index in [4.69, 9.17) is 0 Å². The van der Waals surface area contributed by atoms with Gasteiger partial charge in [-0.2, -0.15) is 0 Å². The lowest BCUT2D eigenvalue weighted by molar-refractivity contribution is -0.116. The predicted octanol–water partition coefficient (Wildman–Crippen LogP) is 4.25. The molecule has 0 amide bonds. The van der Waals surface area contributed by atoms with E-state index in [0.717, 1.165) is 19.5 Å². The Morgan fingerprint density at radius 3 is 2.44 bits per heavy atom. The quantitative estimate of drug-likeness (QED) is 0.774. The Bertz CT molecular complexity index is 717. The van der Waals surface area contributed by atoms with Crippen LogP contribution in [0, 0.1) is 0 Å². The summed E-state index contributed by atoms with van der Waals surface area (Å²) in [5.41, 5.74) is 2.46. The van der Waals surface area contributed by atoms with Crippen LogP contribution in [-0.2, 0) is 4.79 Å². The molecule has 2 atom stereocenters. The van der Waals surface area contributed by atoms with Gasteiger partial charge in [-0.15, -0.1) is 11.8 Å². The van der Waals surface area contributed by atoms with Crippen molar-refractivity contribution < 1.29 is 4.79 Å². The van der Waals surface area contributed by atoms with Gasteiger partial charge in [-0.3, -0.25) is 4.79 Å². The van der Waals surface area contributed by atoms with Crippen molar-refractivity contribution in [2.24, 2.45) is 0 Å². The number of carbonyl (C=O) groups excluding carboxylic acids is 1. The molecule has 2 aromatic rings. The lowest BCUT2D eigenvalue weighted by atomic mass is 9.98. The minimum Gasteiger partial charge on any atom is -0.362 e. The van der Waals surface area contributed by atoms with Gasteiger partial charge >= 0.3 is 0 Å². The van der Waals surface area contributed by atoms with Crippen LogP contribution in [-0.4, -0.2) is 43.1 Å². The maximum atomic E-state index is 12.5. The van der Waals surface area contributed by atoms with Crippen molar-refractivity contribution in [2.75, 3.05) is 32.1 Å². The average Bonchev–Trinajstić information content (AvgIpc) is 2.61. The van der Waals surface area contributed by atoms with Crippen molar-refractivity contribution in [1.82, 2.24) is 4.90 Å². The van der Waals surface area contributed by atoms with Crippen molar-refractivity contribution in [3.63, 3.8) is 0 Å². The number of nitrogens with zero attached hydrogens (tertiary/aromatic N) is 2. The van der Waals surface area contributed by atoms with E-state index < -0.39 is 0 Å². The number of benzene rings is 2. The van der Waals surface area contributed by atoms with E-state index in [-0.39, 0.29) is 17.1 Å². The van der Waals surface area contributed by atoms with Crippen LogP contribution in [0.3, 0.4) is 0 Å². The first-order valence-electron chi connectivity index (χ1n) is 8.80. The average molecular weight is 355 g/mol. The first kappa shape index (κ1) is 18.0. The zero-order chi connectivity index (χ0) is 17.8. The fraction of sp³-hybridized carbons (Fsp3) is 0.381. The van der Waals surface area contributed by atoms with Crippen LogP contribution in [0.1, 0.15) is 24.9 Å². The second kappa shape index (κ2) is 8.07. The highest BCUT2D eigenvalue weighted by molar-refractivity contribution is 8.01. The Labute approximate surface area is 155 Å². The van der Waals surface area contributed by atoms with Gasteiger partial charge in [-0.05, 0) is 51.7 Å². The normalized spacial score (nSPS) is 19.8. The van der Waals surface area contributed by atoms with Crippen molar-refractivity contribution in [3.8, 4) is 0 Å². The number of para-hydroxylation sites is 1. The highest BCUT2D eigenvalue weighted by Gasteiger charge is 2.38. The summed E-state index contributed by atoms with van der Waals surface area (Å²) < 4.78 is 0. The Balaban J connectivity index is 2.01. The summed E-state index contributed by atoms with van der Waals surface area (Å²) in [6, 6.07) is 19.0. The lowest BCUT2D eigenvalue weighted by Gasteiger charge is -2.43. The van der Waals surface area contributed by atoms with E-state index in [1.54, 1.807) is 18.7 Å². The van der Waals surface area contributed by atoms with E-state index in [1.165, 1.54) is 16.1 Å². The molecule has 1 heterocycles. The summed E-state index contributed by atoms with van der Waals surface area (Å²) in [6.45, 7) is 3.71. The van der Waals surface area contributed by atoms with Gasteiger partial charge in [-0.1, -0.05) is 42.5 Å². The molecule has 132 valence electrons.